The molecular weight excluding hydrogens is 641 g/mol. The first kappa shape index (κ1) is 28.1. The number of rotatable bonds is 2. The van der Waals surface area contributed by atoms with Gasteiger partial charge in [-0.2, -0.15) is 0 Å². The van der Waals surface area contributed by atoms with Crippen molar-refractivity contribution >= 4 is 63.0 Å². The number of hydrogen-bond donors (Lipinski definition) is 0. The summed E-state index contributed by atoms with van der Waals surface area (Å²) in [6, 6.07) is 63.4. The minimum Gasteiger partial charge on any atom is -0.135 e. The van der Waals surface area contributed by atoms with Crippen molar-refractivity contribution in [3.8, 4) is 66.8 Å². The van der Waals surface area contributed by atoms with Gasteiger partial charge < -0.3 is 0 Å². The van der Waals surface area contributed by atoms with Gasteiger partial charge in [-0.25, -0.2) is 0 Å². The van der Waals surface area contributed by atoms with Crippen LogP contribution in [0.5, 0.6) is 0 Å². The molecule has 0 bridgehead atoms. The predicted molar refractivity (Wildman–Crippen MR) is 218 cm³/mol. The van der Waals surface area contributed by atoms with Crippen LogP contribution >= 0.6 is 22.7 Å². The molecule has 11 rings (SSSR count). The van der Waals surface area contributed by atoms with Crippen molar-refractivity contribution in [3.05, 3.63) is 170 Å². The van der Waals surface area contributed by atoms with Gasteiger partial charge in [0.25, 0.3) is 0 Å². The van der Waals surface area contributed by atoms with Gasteiger partial charge in [0.05, 0.1) is 0 Å². The summed E-state index contributed by atoms with van der Waals surface area (Å²) in [6.45, 7) is 0. The van der Waals surface area contributed by atoms with Crippen LogP contribution in [0.1, 0.15) is 0 Å². The normalized spacial score (nSPS) is 12.0. The zero-order valence-electron chi connectivity index (χ0n) is 27.0. The Morgan fingerprint density at radius 3 is 1.40 bits per heavy atom. The van der Waals surface area contributed by atoms with Gasteiger partial charge in [-0.3, -0.25) is 0 Å². The minimum atomic E-state index is 1.23. The quantitative estimate of drug-likeness (QED) is 0.172. The molecule has 1 aliphatic carbocycles. The molecule has 0 saturated carbocycles. The minimum absolute atomic E-state index is 1.23. The van der Waals surface area contributed by atoms with Crippen LogP contribution < -0.4 is 0 Å². The van der Waals surface area contributed by atoms with Crippen molar-refractivity contribution in [2.75, 3.05) is 0 Å². The van der Waals surface area contributed by atoms with Crippen molar-refractivity contribution in [1.29, 1.82) is 0 Å². The molecule has 2 aromatic heterocycles. The standard InChI is InChI=1S/C48H28S2/c1-2-12-35-33(10-1)34-11-3-4-13-36(34)43-28-31(32-16-9-17-41-39-14-5-8-19-46(39)50-48(32)41)21-24-38(43)42-26-29(20-23-37(35)42)30-22-25-47-44(27-30)40-15-6-7-18-45(40)49-47/h1-28H. The monoisotopic (exact) mass is 668 g/mol. The molecule has 0 aliphatic heterocycles. The van der Waals surface area contributed by atoms with Gasteiger partial charge in [-0.1, -0.05) is 133 Å². The maximum Gasteiger partial charge on any atom is 0.0433 e. The van der Waals surface area contributed by atoms with Gasteiger partial charge in [0.1, 0.15) is 0 Å². The Morgan fingerprint density at radius 1 is 0.240 bits per heavy atom. The van der Waals surface area contributed by atoms with E-state index in [2.05, 4.69) is 170 Å². The maximum atomic E-state index is 2.45. The zero-order chi connectivity index (χ0) is 32.8. The van der Waals surface area contributed by atoms with E-state index in [-0.39, 0.29) is 0 Å². The molecule has 0 spiro atoms. The van der Waals surface area contributed by atoms with Gasteiger partial charge in [0, 0.05) is 40.3 Å². The second kappa shape index (κ2) is 10.9. The first-order valence-electron chi connectivity index (χ1n) is 17.1. The van der Waals surface area contributed by atoms with Crippen molar-refractivity contribution in [2.45, 2.75) is 0 Å². The Balaban J connectivity index is 1.17. The van der Waals surface area contributed by atoms with Crippen LogP contribution in [0.3, 0.4) is 0 Å². The van der Waals surface area contributed by atoms with Crippen LogP contribution in [-0.2, 0) is 0 Å². The van der Waals surface area contributed by atoms with E-state index in [0.717, 1.165) is 0 Å². The first-order valence-corrected chi connectivity index (χ1v) is 18.7. The third-order valence-electron chi connectivity index (χ3n) is 10.5. The second-order valence-electron chi connectivity index (χ2n) is 13.2. The average Bonchev–Trinajstić information content (AvgIpc) is 3.75. The Hall–Kier alpha value is -5.80. The summed E-state index contributed by atoms with van der Waals surface area (Å²) in [5.41, 5.74) is 15.1. The van der Waals surface area contributed by atoms with Crippen molar-refractivity contribution in [2.24, 2.45) is 0 Å². The van der Waals surface area contributed by atoms with E-state index in [9.17, 15) is 0 Å². The van der Waals surface area contributed by atoms with E-state index in [0.29, 0.717) is 0 Å². The van der Waals surface area contributed by atoms with Crippen LogP contribution in [0.2, 0.25) is 0 Å². The molecule has 2 heteroatoms. The van der Waals surface area contributed by atoms with Crippen LogP contribution in [0.4, 0.5) is 0 Å². The molecular formula is C48H28S2. The molecule has 0 fully saturated rings. The molecule has 0 nitrogen and oxygen atoms in total. The largest absolute Gasteiger partial charge is 0.135 e. The lowest BCUT2D eigenvalue weighted by Gasteiger charge is -2.24. The molecule has 0 amide bonds. The summed E-state index contributed by atoms with van der Waals surface area (Å²) in [4.78, 5) is 0. The number of hydrogen-bond acceptors (Lipinski definition) is 2. The smallest absolute Gasteiger partial charge is 0.0433 e. The maximum absolute atomic E-state index is 2.45. The molecule has 2 heterocycles. The highest BCUT2D eigenvalue weighted by Gasteiger charge is 2.23. The van der Waals surface area contributed by atoms with Crippen LogP contribution in [0.25, 0.3) is 107 Å². The highest BCUT2D eigenvalue weighted by molar-refractivity contribution is 7.26. The summed E-state index contributed by atoms with van der Waals surface area (Å²) in [6.07, 6.45) is 0. The van der Waals surface area contributed by atoms with E-state index in [1.165, 1.54) is 107 Å². The van der Waals surface area contributed by atoms with E-state index in [1.807, 2.05) is 22.7 Å². The van der Waals surface area contributed by atoms with Gasteiger partial charge in [-0.05, 0) is 103 Å². The van der Waals surface area contributed by atoms with Crippen molar-refractivity contribution in [3.63, 3.8) is 0 Å². The molecule has 8 aromatic carbocycles. The fraction of sp³-hybridized carbons (Fsp3) is 0. The lowest BCUT2D eigenvalue weighted by Crippen LogP contribution is -1.98. The molecule has 0 unspecified atom stereocenters. The van der Waals surface area contributed by atoms with Crippen LogP contribution in [0.15, 0.2) is 170 Å². The number of thiophene rings is 2. The van der Waals surface area contributed by atoms with Gasteiger partial charge >= 0.3 is 0 Å². The van der Waals surface area contributed by atoms with Crippen molar-refractivity contribution in [1.82, 2.24) is 0 Å². The molecule has 232 valence electrons. The summed E-state index contributed by atoms with van der Waals surface area (Å²) >= 11 is 3.77. The lowest BCUT2D eigenvalue weighted by atomic mass is 9.79. The molecule has 0 N–H and O–H groups in total. The molecule has 0 radical (unpaired) electrons. The van der Waals surface area contributed by atoms with Gasteiger partial charge in [0.15, 0.2) is 0 Å². The van der Waals surface area contributed by atoms with Gasteiger partial charge in [0.2, 0.25) is 0 Å². The molecule has 10 aromatic rings. The first-order chi connectivity index (χ1) is 24.8. The van der Waals surface area contributed by atoms with E-state index in [1.54, 1.807) is 0 Å². The highest BCUT2D eigenvalue weighted by atomic mass is 32.1. The van der Waals surface area contributed by atoms with Gasteiger partial charge in [-0.15, -0.1) is 22.7 Å². The van der Waals surface area contributed by atoms with Crippen LogP contribution in [0, 0.1) is 0 Å². The fourth-order valence-corrected chi connectivity index (χ4v) is 10.5. The zero-order valence-corrected chi connectivity index (χ0v) is 28.6. The van der Waals surface area contributed by atoms with E-state index >= 15 is 0 Å². The molecule has 1 aliphatic rings. The second-order valence-corrected chi connectivity index (χ2v) is 15.3. The lowest BCUT2D eigenvalue weighted by molar-refractivity contribution is 1.52. The van der Waals surface area contributed by atoms with Crippen LogP contribution in [-0.4, -0.2) is 0 Å². The Kier molecular flexibility index (Phi) is 6.09. The summed E-state index contributed by atoms with van der Waals surface area (Å²) in [5.74, 6) is 0. The Bertz CT molecular complexity index is 2990. The third kappa shape index (κ3) is 4.16. The molecule has 50 heavy (non-hydrogen) atoms. The highest BCUT2D eigenvalue weighted by Crippen LogP contribution is 2.50. The van der Waals surface area contributed by atoms with E-state index < -0.39 is 0 Å². The summed E-state index contributed by atoms with van der Waals surface area (Å²) < 4.78 is 5.35. The third-order valence-corrected chi connectivity index (χ3v) is 12.9. The SMILES string of the molecule is c1ccc2c(c1)-c1ccccc1-c1cc(-c3cccc4c3sc3ccccc34)ccc1-c1cc(-c3ccc4sc5ccccc5c4c3)ccc1-2. The average molecular weight is 669 g/mol. The number of benzene rings is 8. The fourth-order valence-electron chi connectivity index (χ4n) is 8.14. The topological polar surface area (TPSA) is 0 Å². The Morgan fingerprint density at radius 2 is 0.680 bits per heavy atom. The number of fused-ring (bicyclic) bond motifs is 14. The Labute approximate surface area is 298 Å². The predicted octanol–water partition coefficient (Wildman–Crippen LogP) is 14.7. The summed E-state index contributed by atoms with van der Waals surface area (Å²) in [7, 11) is 0. The molecule has 0 saturated heterocycles. The van der Waals surface area contributed by atoms with E-state index in [4.69, 9.17) is 0 Å². The summed E-state index contributed by atoms with van der Waals surface area (Å²) in [5, 5.41) is 5.32. The molecule has 0 atom stereocenters. The van der Waals surface area contributed by atoms with Crippen molar-refractivity contribution < 1.29 is 0 Å².